The van der Waals surface area contributed by atoms with Crippen LogP contribution in [0.25, 0.3) is 11.0 Å². The summed E-state index contributed by atoms with van der Waals surface area (Å²) in [6.45, 7) is 6.90. The first-order valence-corrected chi connectivity index (χ1v) is 8.40. The van der Waals surface area contributed by atoms with Crippen LogP contribution >= 0.6 is 0 Å². The summed E-state index contributed by atoms with van der Waals surface area (Å²) >= 11 is 0. The van der Waals surface area contributed by atoms with Gasteiger partial charge in [-0.15, -0.1) is 0 Å². The average molecular weight is 324 g/mol. The highest BCUT2D eigenvalue weighted by Gasteiger charge is 2.14. The molecule has 0 aliphatic heterocycles. The van der Waals surface area contributed by atoms with E-state index in [0.29, 0.717) is 6.54 Å². The van der Waals surface area contributed by atoms with Crippen molar-refractivity contribution >= 4 is 11.0 Å². The predicted molar refractivity (Wildman–Crippen MR) is 96.5 cm³/mol. The van der Waals surface area contributed by atoms with Crippen LogP contribution in [0.15, 0.2) is 42.5 Å². The van der Waals surface area contributed by atoms with Gasteiger partial charge in [0.25, 0.3) is 0 Å². The fourth-order valence-corrected chi connectivity index (χ4v) is 3.01. The Hall–Kier alpha value is -2.33. The number of aliphatic hydroxyl groups excluding tert-OH is 1. The monoisotopic (exact) mass is 324 g/mol. The standard InChI is InChI=1S/C20H24N2O2/c1-4-20-21-17-7-5-6-8-18(17)22(20)12-16(23)13-24-19-10-9-14(2)11-15(19)3/h5-11,16,23H,4,12-13H2,1-3H3. The van der Waals surface area contributed by atoms with Gasteiger partial charge in [-0.1, -0.05) is 36.8 Å². The Morgan fingerprint density at radius 3 is 2.71 bits per heavy atom. The van der Waals surface area contributed by atoms with Crippen LogP contribution in [-0.2, 0) is 13.0 Å². The molecule has 1 aromatic heterocycles. The van der Waals surface area contributed by atoms with Crippen molar-refractivity contribution in [2.75, 3.05) is 6.61 Å². The SMILES string of the molecule is CCc1nc2ccccc2n1CC(O)COc1ccc(C)cc1C. The highest BCUT2D eigenvalue weighted by molar-refractivity contribution is 5.75. The number of hydrogen-bond acceptors (Lipinski definition) is 3. The maximum Gasteiger partial charge on any atom is 0.122 e. The van der Waals surface area contributed by atoms with Crippen LogP contribution < -0.4 is 4.74 Å². The first kappa shape index (κ1) is 16.5. The summed E-state index contributed by atoms with van der Waals surface area (Å²) in [4.78, 5) is 4.64. The van der Waals surface area contributed by atoms with Crippen LogP contribution in [0.3, 0.4) is 0 Å². The molecule has 24 heavy (non-hydrogen) atoms. The Balaban J connectivity index is 1.72. The molecule has 1 N–H and O–H groups in total. The number of aliphatic hydroxyl groups is 1. The van der Waals surface area contributed by atoms with Crippen LogP contribution in [0.4, 0.5) is 0 Å². The maximum absolute atomic E-state index is 10.4. The molecule has 0 amide bonds. The van der Waals surface area contributed by atoms with Gasteiger partial charge < -0.3 is 14.4 Å². The molecule has 2 aromatic carbocycles. The van der Waals surface area contributed by atoms with Gasteiger partial charge in [0.05, 0.1) is 17.6 Å². The molecule has 1 atom stereocenters. The van der Waals surface area contributed by atoms with Crippen LogP contribution in [0.2, 0.25) is 0 Å². The maximum atomic E-state index is 10.4. The van der Waals surface area contributed by atoms with E-state index in [-0.39, 0.29) is 6.61 Å². The van der Waals surface area contributed by atoms with Crippen molar-refractivity contribution in [3.8, 4) is 5.75 Å². The minimum absolute atomic E-state index is 0.263. The minimum Gasteiger partial charge on any atom is -0.491 e. The zero-order chi connectivity index (χ0) is 17.1. The first-order valence-electron chi connectivity index (χ1n) is 8.40. The molecule has 3 aromatic rings. The molecular formula is C20H24N2O2. The van der Waals surface area contributed by atoms with E-state index in [0.717, 1.165) is 34.6 Å². The summed E-state index contributed by atoms with van der Waals surface area (Å²) in [5.74, 6) is 1.81. The molecule has 0 saturated heterocycles. The third-order valence-corrected chi connectivity index (χ3v) is 4.20. The molecule has 3 rings (SSSR count). The molecule has 0 aliphatic rings. The summed E-state index contributed by atoms with van der Waals surface area (Å²) in [5, 5.41) is 10.4. The Bertz CT molecular complexity index is 839. The molecule has 0 fully saturated rings. The van der Waals surface area contributed by atoms with Crippen LogP contribution in [0, 0.1) is 13.8 Å². The second-order valence-corrected chi connectivity index (χ2v) is 6.21. The third-order valence-electron chi connectivity index (χ3n) is 4.20. The second-order valence-electron chi connectivity index (χ2n) is 6.21. The topological polar surface area (TPSA) is 47.3 Å². The Kier molecular flexibility index (Phi) is 4.86. The van der Waals surface area contributed by atoms with Crippen molar-refractivity contribution in [1.82, 2.24) is 9.55 Å². The molecule has 0 radical (unpaired) electrons. The highest BCUT2D eigenvalue weighted by atomic mass is 16.5. The van der Waals surface area contributed by atoms with E-state index in [9.17, 15) is 5.11 Å². The second kappa shape index (κ2) is 7.05. The summed E-state index contributed by atoms with van der Waals surface area (Å²) in [6, 6.07) is 14.1. The number of imidazole rings is 1. The van der Waals surface area contributed by atoms with Gasteiger partial charge in [-0.3, -0.25) is 0 Å². The van der Waals surface area contributed by atoms with Gasteiger partial charge in [0.1, 0.15) is 24.3 Å². The molecule has 0 aliphatic carbocycles. The molecule has 4 nitrogen and oxygen atoms in total. The first-order chi connectivity index (χ1) is 11.6. The van der Waals surface area contributed by atoms with Gasteiger partial charge in [-0.05, 0) is 37.6 Å². The number of hydrogen-bond donors (Lipinski definition) is 1. The van der Waals surface area contributed by atoms with Gasteiger partial charge in [0.2, 0.25) is 0 Å². The van der Waals surface area contributed by atoms with E-state index in [1.165, 1.54) is 5.56 Å². The quantitative estimate of drug-likeness (QED) is 0.753. The number of aromatic nitrogens is 2. The van der Waals surface area contributed by atoms with E-state index in [1.807, 2.05) is 43.3 Å². The van der Waals surface area contributed by atoms with Gasteiger partial charge in [0.15, 0.2) is 0 Å². The number of aryl methyl sites for hydroxylation is 3. The molecular weight excluding hydrogens is 300 g/mol. The average Bonchev–Trinajstić information content (AvgIpc) is 2.92. The molecule has 0 spiro atoms. The fourth-order valence-electron chi connectivity index (χ4n) is 3.01. The number of fused-ring (bicyclic) bond motifs is 1. The zero-order valence-corrected chi connectivity index (χ0v) is 14.5. The van der Waals surface area contributed by atoms with Crippen LogP contribution in [-0.4, -0.2) is 27.4 Å². The lowest BCUT2D eigenvalue weighted by molar-refractivity contribution is 0.0924. The summed E-state index contributed by atoms with van der Waals surface area (Å²) in [6.07, 6.45) is 0.243. The lowest BCUT2D eigenvalue weighted by Crippen LogP contribution is -2.24. The number of benzene rings is 2. The molecule has 0 saturated carbocycles. The van der Waals surface area contributed by atoms with Gasteiger partial charge >= 0.3 is 0 Å². The molecule has 0 bridgehead atoms. The zero-order valence-electron chi connectivity index (χ0n) is 14.5. The third kappa shape index (κ3) is 3.44. The van der Waals surface area contributed by atoms with Crippen molar-refractivity contribution in [1.29, 1.82) is 0 Å². The Morgan fingerprint density at radius 2 is 1.96 bits per heavy atom. The van der Waals surface area contributed by atoms with Crippen molar-refractivity contribution in [3.05, 3.63) is 59.4 Å². The van der Waals surface area contributed by atoms with Crippen molar-refractivity contribution in [2.24, 2.45) is 0 Å². The Morgan fingerprint density at radius 1 is 1.17 bits per heavy atom. The predicted octanol–water partition coefficient (Wildman–Crippen LogP) is 3.66. The number of rotatable bonds is 6. The minimum atomic E-state index is -0.589. The van der Waals surface area contributed by atoms with E-state index in [4.69, 9.17) is 4.74 Å². The number of para-hydroxylation sites is 2. The lowest BCUT2D eigenvalue weighted by Gasteiger charge is -2.16. The summed E-state index contributed by atoms with van der Waals surface area (Å²) < 4.78 is 7.89. The van der Waals surface area contributed by atoms with Crippen LogP contribution in [0.5, 0.6) is 5.75 Å². The summed E-state index contributed by atoms with van der Waals surface area (Å²) in [5.41, 5.74) is 4.32. The van der Waals surface area contributed by atoms with Crippen molar-refractivity contribution in [3.63, 3.8) is 0 Å². The van der Waals surface area contributed by atoms with Crippen LogP contribution in [0.1, 0.15) is 23.9 Å². The van der Waals surface area contributed by atoms with Crippen molar-refractivity contribution < 1.29 is 9.84 Å². The molecule has 1 heterocycles. The number of ether oxygens (including phenoxy) is 1. The Labute approximate surface area is 142 Å². The highest BCUT2D eigenvalue weighted by Crippen LogP contribution is 2.20. The van der Waals surface area contributed by atoms with E-state index in [2.05, 4.69) is 29.5 Å². The van der Waals surface area contributed by atoms with E-state index < -0.39 is 6.10 Å². The number of nitrogens with zero attached hydrogens (tertiary/aromatic N) is 2. The fraction of sp³-hybridized carbons (Fsp3) is 0.350. The van der Waals surface area contributed by atoms with Gasteiger partial charge in [-0.2, -0.15) is 0 Å². The molecule has 1 unspecified atom stereocenters. The van der Waals surface area contributed by atoms with Crippen molar-refractivity contribution in [2.45, 2.75) is 39.8 Å². The van der Waals surface area contributed by atoms with E-state index in [1.54, 1.807) is 0 Å². The van der Waals surface area contributed by atoms with Gasteiger partial charge in [0, 0.05) is 6.42 Å². The molecule has 4 heteroatoms. The largest absolute Gasteiger partial charge is 0.491 e. The van der Waals surface area contributed by atoms with Gasteiger partial charge in [-0.25, -0.2) is 4.98 Å². The normalized spacial score (nSPS) is 12.5. The lowest BCUT2D eigenvalue weighted by atomic mass is 10.1. The van der Waals surface area contributed by atoms with E-state index >= 15 is 0 Å². The summed E-state index contributed by atoms with van der Waals surface area (Å²) in [7, 11) is 0. The smallest absolute Gasteiger partial charge is 0.122 e. The molecule has 126 valence electrons.